The Morgan fingerprint density at radius 2 is 2.18 bits per heavy atom. The fourth-order valence-corrected chi connectivity index (χ4v) is 2.36. The molecule has 0 aliphatic carbocycles. The van der Waals surface area contributed by atoms with Crippen molar-refractivity contribution in [3.05, 3.63) is 40.2 Å². The SMILES string of the molecule is NC(=O)[C@]1([CH]c2ccc(Cl)c(Cl)c2)CCCN1. The molecule has 0 spiro atoms. The van der Waals surface area contributed by atoms with Crippen LogP contribution >= 0.6 is 23.2 Å². The Balaban J connectivity index is 2.23. The topological polar surface area (TPSA) is 55.1 Å². The zero-order valence-electron chi connectivity index (χ0n) is 9.17. The first kappa shape index (κ1) is 12.7. The summed E-state index contributed by atoms with van der Waals surface area (Å²) in [6.45, 7) is 0.792. The van der Waals surface area contributed by atoms with Crippen LogP contribution in [0, 0.1) is 6.42 Å². The summed E-state index contributed by atoms with van der Waals surface area (Å²) < 4.78 is 0. The van der Waals surface area contributed by atoms with Gasteiger partial charge in [0, 0.05) is 6.42 Å². The summed E-state index contributed by atoms with van der Waals surface area (Å²) in [5.74, 6) is -0.360. The highest BCUT2D eigenvalue weighted by atomic mass is 35.5. The van der Waals surface area contributed by atoms with Crippen LogP contribution < -0.4 is 11.1 Å². The van der Waals surface area contributed by atoms with Crippen LogP contribution in [0.4, 0.5) is 0 Å². The van der Waals surface area contributed by atoms with E-state index >= 15 is 0 Å². The first-order valence-corrected chi connectivity index (χ1v) is 6.15. The number of benzene rings is 1. The summed E-state index contributed by atoms with van der Waals surface area (Å²) in [5.41, 5.74) is 5.54. The van der Waals surface area contributed by atoms with Crippen LogP contribution in [0.2, 0.25) is 10.0 Å². The molecule has 0 saturated carbocycles. The average molecular weight is 272 g/mol. The Labute approximate surface area is 110 Å². The van der Waals surface area contributed by atoms with Crippen LogP contribution in [-0.4, -0.2) is 18.0 Å². The minimum atomic E-state index is -0.753. The molecule has 2 rings (SSSR count). The molecule has 1 aromatic carbocycles. The fourth-order valence-electron chi connectivity index (χ4n) is 2.06. The maximum atomic E-state index is 11.5. The molecule has 1 saturated heterocycles. The number of nitrogens with two attached hydrogens (primary N) is 1. The monoisotopic (exact) mass is 271 g/mol. The molecule has 91 valence electrons. The number of hydrogen-bond donors (Lipinski definition) is 2. The van der Waals surface area contributed by atoms with E-state index in [9.17, 15) is 4.79 Å². The fraction of sp³-hybridized carbons (Fsp3) is 0.333. The van der Waals surface area contributed by atoms with Crippen LogP contribution in [0.5, 0.6) is 0 Å². The van der Waals surface area contributed by atoms with E-state index in [0.29, 0.717) is 16.5 Å². The van der Waals surface area contributed by atoms with Gasteiger partial charge in [-0.25, -0.2) is 0 Å². The number of rotatable bonds is 3. The van der Waals surface area contributed by atoms with Gasteiger partial charge < -0.3 is 11.1 Å². The van der Waals surface area contributed by atoms with Crippen LogP contribution in [0.15, 0.2) is 18.2 Å². The predicted molar refractivity (Wildman–Crippen MR) is 69.0 cm³/mol. The van der Waals surface area contributed by atoms with Gasteiger partial charge in [-0.05, 0) is 37.1 Å². The highest BCUT2D eigenvalue weighted by molar-refractivity contribution is 6.42. The summed E-state index contributed by atoms with van der Waals surface area (Å²) in [4.78, 5) is 11.5. The molecular formula is C12H13Cl2N2O. The Bertz CT molecular complexity index is 442. The van der Waals surface area contributed by atoms with Gasteiger partial charge in [-0.2, -0.15) is 0 Å². The summed E-state index contributed by atoms with van der Waals surface area (Å²) in [6, 6.07) is 5.26. The summed E-state index contributed by atoms with van der Waals surface area (Å²) in [7, 11) is 0. The maximum absolute atomic E-state index is 11.5. The molecular weight excluding hydrogens is 259 g/mol. The highest BCUT2D eigenvalue weighted by Gasteiger charge is 2.39. The number of carbonyl (C=O) groups excluding carboxylic acids is 1. The predicted octanol–water partition coefficient (Wildman–Crippen LogP) is 2.15. The first-order valence-electron chi connectivity index (χ1n) is 5.39. The Kier molecular flexibility index (Phi) is 3.61. The number of halogens is 2. The third-order valence-electron chi connectivity index (χ3n) is 2.98. The molecule has 1 aliphatic rings. The van der Waals surface area contributed by atoms with Gasteiger partial charge in [0.2, 0.25) is 5.91 Å². The average Bonchev–Trinajstić information content (AvgIpc) is 2.73. The second kappa shape index (κ2) is 4.84. The molecule has 1 heterocycles. The summed E-state index contributed by atoms with van der Waals surface area (Å²) in [6.07, 6.45) is 3.47. The lowest BCUT2D eigenvalue weighted by molar-refractivity contribution is -0.122. The van der Waals surface area contributed by atoms with E-state index in [1.165, 1.54) is 0 Å². The quantitative estimate of drug-likeness (QED) is 0.885. The minimum Gasteiger partial charge on any atom is -0.368 e. The van der Waals surface area contributed by atoms with Gasteiger partial charge in [0.15, 0.2) is 0 Å². The second-order valence-electron chi connectivity index (χ2n) is 4.18. The van der Waals surface area contributed by atoms with Crippen molar-refractivity contribution in [3.8, 4) is 0 Å². The molecule has 5 heteroatoms. The van der Waals surface area contributed by atoms with E-state index in [-0.39, 0.29) is 5.91 Å². The first-order chi connectivity index (χ1) is 8.03. The number of carbonyl (C=O) groups is 1. The van der Waals surface area contributed by atoms with Crippen molar-refractivity contribution in [2.24, 2.45) is 5.73 Å². The van der Waals surface area contributed by atoms with Gasteiger partial charge in [-0.3, -0.25) is 4.79 Å². The van der Waals surface area contributed by atoms with Gasteiger partial charge in [0.1, 0.15) is 5.54 Å². The third kappa shape index (κ3) is 2.57. The number of primary amides is 1. The van der Waals surface area contributed by atoms with Gasteiger partial charge >= 0.3 is 0 Å². The summed E-state index contributed by atoms with van der Waals surface area (Å²) >= 11 is 11.8. The van der Waals surface area contributed by atoms with Crippen molar-refractivity contribution in [2.45, 2.75) is 18.4 Å². The minimum absolute atomic E-state index is 0.360. The highest BCUT2D eigenvalue weighted by Crippen LogP contribution is 2.29. The van der Waals surface area contributed by atoms with E-state index in [2.05, 4.69) is 5.32 Å². The van der Waals surface area contributed by atoms with Crippen molar-refractivity contribution < 1.29 is 4.79 Å². The van der Waals surface area contributed by atoms with E-state index in [4.69, 9.17) is 28.9 Å². The van der Waals surface area contributed by atoms with Crippen molar-refractivity contribution in [1.29, 1.82) is 0 Å². The van der Waals surface area contributed by atoms with Crippen LogP contribution in [0.1, 0.15) is 18.4 Å². The van der Waals surface area contributed by atoms with Crippen LogP contribution in [-0.2, 0) is 4.79 Å². The summed E-state index contributed by atoms with van der Waals surface area (Å²) in [5, 5.41) is 4.11. The van der Waals surface area contributed by atoms with Crippen molar-refractivity contribution in [1.82, 2.24) is 5.32 Å². The molecule has 0 unspecified atom stereocenters. The molecule has 1 radical (unpaired) electrons. The van der Waals surface area contributed by atoms with E-state index < -0.39 is 5.54 Å². The largest absolute Gasteiger partial charge is 0.368 e. The Morgan fingerprint density at radius 3 is 2.71 bits per heavy atom. The van der Waals surface area contributed by atoms with Crippen LogP contribution in [0.3, 0.4) is 0 Å². The van der Waals surface area contributed by atoms with Gasteiger partial charge in [-0.1, -0.05) is 29.3 Å². The molecule has 1 atom stereocenters. The Hall–Kier alpha value is -0.770. The van der Waals surface area contributed by atoms with Gasteiger partial charge in [0.05, 0.1) is 10.0 Å². The van der Waals surface area contributed by atoms with Crippen molar-refractivity contribution in [3.63, 3.8) is 0 Å². The molecule has 1 amide bonds. The molecule has 1 aliphatic heterocycles. The zero-order valence-corrected chi connectivity index (χ0v) is 10.7. The third-order valence-corrected chi connectivity index (χ3v) is 3.72. The smallest absolute Gasteiger partial charge is 0.238 e. The molecule has 0 aromatic heterocycles. The van der Waals surface area contributed by atoms with E-state index in [1.54, 1.807) is 12.1 Å². The number of nitrogens with one attached hydrogen (secondary N) is 1. The van der Waals surface area contributed by atoms with Gasteiger partial charge in [0.25, 0.3) is 0 Å². The second-order valence-corrected chi connectivity index (χ2v) is 5.00. The number of amides is 1. The lowest BCUT2D eigenvalue weighted by atomic mass is 9.88. The zero-order chi connectivity index (χ0) is 12.5. The normalized spacial score (nSPS) is 23.9. The van der Waals surface area contributed by atoms with Gasteiger partial charge in [-0.15, -0.1) is 0 Å². The van der Waals surface area contributed by atoms with Crippen molar-refractivity contribution in [2.75, 3.05) is 6.54 Å². The molecule has 17 heavy (non-hydrogen) atoms. The van der Waals surface area contributed by atoms with E-state index in [0.717, 1.165) is 18.5 Å². The maximum Gasteiger partial charge on any atom is 0.238 e. The standard InChI is InChI=1S/C12H13Cl2N2O/c13-9-3-2-8(6-10(9)14)7-12(11(15)17)4-1-5-16-12/h2-3,6-7,16H,1,4-5H2,(H2,15,17)/t12-/m1/s1. The molecule has 3 nitrogen and oxygen atoms in total. The molecule has 1 fully saturated rings. The van der Waals surface area contributed by atoms with Crippen molar-refractivity contribution >= 4 is 29.1 Å². The Morgan fingerprint density at radius 1 is 1.41 bits per heavy atom. The van der Waals surface area contributed by atoms with Crippen LogP contribution in [0.25, 0.3) is 0 Å². The number of hydrogen-bond acceptors (Lipinski definition) is 2. The lowest BCUT2D eigenvalue weighted by Crippen LogP contribution is -2.52. The molecule has 0 bridgehead atoms. The molecule has 1 aromatic rings. The van der Waals surface area contributed by atoms with E-state index in [1.807, 2.05) is 12.5 Å². The lowest BCUT2D eigenvalue weighted by Gasteiger charge is -2.25. The molecule has 3 N–H and O–H groups in total.